The molecule has 6 nitrogen and oxygen atoms in total. The Morgan fingerprint density at radius 2 is 1.90 bits per heavy atom. The number of rotatable bonds is 5. The molecule has 2 aromatic rings. The van der Waals surface area contributed by atoms with E-state index in [1.54, 1.807) is 9.80 Å². The molecule has 2 heterocycles. The van der Waals surface area contributed by atoms with E-state index in [0.29, 0.717) is 13.0 Å². The van der Waals surface area contributed by atoms with Crippen LogP contribution < -0.4 is 0 Å². The molecule has 0 aliphatic carbocycles. The molecule has 2 saturated heterocycles. The van der Waals surface area contributed by atoms with Crippen molar-refractivity contribution in [2.45, 2.75) is 24.4 Å². The summed E-state index contributed by atoms with van der Waals surface area (Å²) in [5.41, 5.74) is 3.15. The second-order valence-corrected chi connectivity index (χ2v) is 7.94. The molecule has 0 spiro atoms. The van der Waals surface area contributed by atoms with Crippen molar-refractivity contribution in [3.8, 4) is 11.8 Å². The highest BCUT2D eigenvalue weighted by Gasteiger charge is 2.54. The van der Waals surface area contributed by atoms with Gasteiger partial charge in [0.15, 0.2) is 0 Å². The van der Waals surface area contributed by atoms with Crippen LogP contribution in [-0.4, -0.2) is 72.2 Å². The van der Waals surface area contributed by atoms with Gasteiger partial charge < -0.3 is 19.6 Å². The number of fused-ring (bicyclic) bond motifs is 1. The Morgan fingerprint density at radius 1 is 1.16 bits per heavy atom. The molecule has 160 valence electrons. The summed E-state index contributed by atoms with van der Waals surface area (Å²) in [7, 11) is 1.47. The van der Waals surface area contributed by atoms with Crippen molar-refractivity contribution < 1.29 is 19.4 Å². The topological polar surface area (TPSA) is 70.1 Å². The first-order chi connectivity index (χ1) is 15.1. The van der Waals surface area contributed by atoms with Crippen LogP contribution in [-0.2, 0) is 20.7 Å². The summed E-state index contributed by atoms with van der Waals surface area (Å²) in [4.78, 5) is 28.1. The van der Waals surface area contributed by atoms with Gasteiger partial charge in [0.05, 0.1) is 25.2 Å². The Morgan fingerprint density at radius 3 is 2.58 bits per heavy atom. The lowest BCUT2D eigenvalue weighted by molar-refractivity contribution is -0.168. The molecular formula is C25H26N2O4. The summed E-state index contributed by atoms with van der Waals surface area (Å²) in [5, 5.41) is 9.90. The van der Waals surface area contributed by atoms with Crippen LogP contribution >= 0.6 is 0 Å². The molecule has 0 bridgehead atoms. The highest BCUT2D eigenvalue weighted by atomic mass is 16.5. The largest absolute Gasteiger partial charge is 0.394 e. The zero-order chi connectivity index (χ0) is 21.8. The van der Waals surface area contributed by atoms with E-state index in [-0.39, 0.29) is 49.6 Å². The molecule has 0 unspecified atom stereocenters. The van der Waals surface area contributed by atoms with Crippen molar-refractivity contribution in [3.05, 3.63) is 71.3 Å². The lowest BCUT2D eigenvalue weighted by Crippen LogP contribution is -2.73. The minimum atomic E-state index is -0.257. The number of benzene rings is 2. The van der Waals surface area contributed by atoms with Crippen LogP contribution in [0.5, 0.6) is 0 Å². The molecule has 31 heavy (non-hydrogen) atoms. The van der Waals surface area contributed by atoms with Crippen LogP contribution in [0.25, 0.3) is 0 Å². The molecule has 1 N–H and O–H groups in total. The standard InChI is InChI=1S/C25H26N2O4/c1-31-17-24(30)26-14-21-25(22(16-28)27(21)23(29)15-26)20-12-10-19(11-13-20)9-5-8-18-6-3-2-4-7-18/h2-4,6-7,10-13,21-22,25,28H,8,14-17H2,1H3/t21-,22+,25+/m1/s1. The highest BCUT2D eigenvalue weighted by Crippen LogP contribution is 2.42. The summed E-state index contributed by atoms with van der Waals surface area (Å²) < 4.78 is 4.93. The minimum Gasteiger partial charge on any atom is -0.394 e. The fourth-order valence-corrected chi connectivity index (χ4v) is 4.54. The van der Waals surface area contributed by atoms with Gasteiger partial charge in [-0.15, -0.1) is 0 Å². The molecule has 4 rings (SSSR count). The van der Waals surface area contributed by atoms with Crippen molar-refractivity contribution in [1.29, 1.82) is 0 Å². The first kappa shape index (κ1) is 21.1. The van der Waals surface area contributed by atoms with Gasteiger partial charge in [0.1, 0.15) is 6.61 Å². The molecule has 2 aromatic carbocycles. The number of hydrogen-bond acceptors (Lipinski definition) is 4. The highest BCUT2D eigenvalue weighted by molar-refractivity contribution is 5.88. The van der Waals surface area contributed by atoms with Crippen molar-refractivity contribution in [1.82, 2.24) is 9.80 Å². The van der Waals surface area contributed by atoms with Crippen LogP contribution in [0, 0.1) is 11.8 Å². The summed E-state index contributed by atoms with van der Waals surface area (Å²) >= 11 is 0. The number of amides is 2. The average Bonchev–Trinajstić information content (AvgIpc) is 2.77. The second-order valence-electron chi connectivity index (χ2n) is 7.94. The average molecular weight is 418 g/mol. The Balaban J connectivity index is 1.46. The third-order valence-electron chi connectivity index (χ3n) is 6.04. The predicted octanol–water partition coefficient (Wildman–Crippen LogP) is 1.42. The molecule has 0 radical (unpaired) electrons. The number of carbonyl (C=O) groups is 2. The Bertz CT molecular complexity index is 994. The lowest BCUT2D eigenvalue weighted by atomic mass is 9.73. The SMILES string of the molecule is COCC(=O)N1CC(=O)N2[C@H](C1)[C@H](c1ccc(C#CCc3ccccc3)cc1)[C@@H]2CO. The monoisotopic (exact) mass is 418 g/mol. The molecule has 2 amide bonds. The van der Waals surface area contributed by atoms with Crippen molar-refractivity contribution in [2.75, 3.05) is 33.4 Å². The zero-order valence-electron chi connectivity index (χ0n) is 17.5. The Labute approximate surface area is 182 Å². The number of aliphatic hydroxyl groups is 1. The fourth-order valence-electron chi connectivity index (χ4n) is 4.54. The third kappa shape index (κ3) is 4.34. The van der Waals surface area contributed by atoms with E-state index in [2.05, 4.69) is 24.0 Å². The van der Waals surface area contributed by atoms with Gasteiger partial charge in [-0.2, -0.15) is 0 Å². The molecule has 2 aliphatic rings. The summed E-state index contributed by atoms with van der Waals surface area (Å²) in [6.45, 7) is 0.355. The van der Waals surface area contributed by atoms with Gasteiger partial charge in [-0.25, -0.2) is 0 Å². The summed E-state index contributed by atoms with van der Waals surface area (Å²) in [5.74, 6) is 6.06. The number of ether oxygens (including phenoxy) is 1. The Kier molecular flexibility index (Phi) is 6.36. The summed E-state index contributed by atoms with van der Waals surface area (Å²) in [6, 6.07) is 17.7. The van der Waals surface area contributed by atoms with Crippen LogP contribution in [0.3, 0.4) is 0 Å². The van der Waals surface area contributed by atoms with Gasteiger partial charge in [0.25, 0.3) is 0 Å². The fraction of sp³-hybridized carbons (Fsp3) is 0.360. The van der Waals surface area contributed by atoms with Crippen LogP contribution in [0.2, 0.25) is 0 Å². The van der Waals surface area contributed by atoms with Crippen LogP contribution in [0.1, 0.15) is 22.6 Å². The number of piperazine rings is 1. The molecule has 6 heteroatoms. The zero-order valence-corrected chi connectivity index (χ0v) is 17.5. The predicted molar refractivity (Wildman–Crippen MR) is 116 cm³/mol. The van der Waals surface area contributed by atoms with E-state index in [9.17, 15) is 14.7 Å². The minimum absolute atomic E-state index is 0.0153. The quantitative estimate of drug-likeness (QED) is 0.746. The van der Waals surface area contributed by atoms with E-state index in [1.807, 2.05) is 42.5 Å². The first-order valence-corrected chi connectivity index (χ1v) is 10.4. The van der Waals surface area contributed by atoms with E-state index in [4.69, 9.17) is 4.74 Å². The van der Waals surface area contributed by atoms with Crippen LogP contribution in [0.4, 0.5) is 0 Å². The number of hydrogen-bond donors (Lipinski definition) is 1. The third-order valence-corrected chi connectivity index (χ3v) is 6.04. The van der Waals surface area contributed by atoms with E-state index < -0.39 is 0 Å². The first-order valence-electron chi connectivity index (χ1n) is 10.4. The maximum Gasteiger partial charge on any atom is 0.249 e. The van der Waals surface area contributed by atoms with Gasteiger partial charge in [-0.3, -0.25) is 9.59 Å². The van der Waals surface area contributed by atoms with Crippen molar-refractivity contribution in [3.63, 3.8) is 0 Å². The molecule has 0 aromatic heterocycles. The number of methoxy groups -OCH3 is 1. The van der Waals surface area contributed by atoms with Gasteiger partial charge >= 0.3 is 0 Å². The van der Waals surface area contributed by atoms with Crippen LogP contribution in [0.15, 0.2) is 54.6 Å². The van der Waals surface area contributed by atoms with Crippen molar-refractivity contribution in [2.24, 2.45) is 0 Å². The maximum absolute atomic E-state index is 12.6. The number of carbonyl (C=O) groups excluding carboxylic acids is 2. The second kappa shape index (κ2) is 9.34. The molecule has 3 atom stereocenters. The summed E-state index contributed by atoms with van der Waals surface area (Å²) in [6.07, 6.45) is 0.697. The molecule has 2 aliphatic heterocycles. The van der Waals surface area contributed by atoms with Crippen molar-refractivity contribution >= 4 is 11.8 Å². The number of nitrogens with zero attached hydrogens (tertiary/aromatic N) is 2. The lowest BCUT2D eigenvalue weighted by Gasteiger charge is -2.58. The van der Waals surface area contributed by atoms with Gasteiger partial charge in [-0.1, -0.05) is 54.3 Å². The van der Waals surface area contributed by atoms with E-state index in [1.165, 1.54) is 12.7 Å². The number of aliphatic hydroxyl groups excluding tert-OH is 1. The van der Waals surface area contributed by atoms with Gasteiger partial charge in [0.2, 0.25) is 11.8 Å². The normalized spacial score (nSPS) is 22.3. The Hall–Kier alpha value is -3.14. The maximum atomic E-state index is 12.6. The van der Waals surface area contributed by atoms with E-state index in [0.717, 1.165) is 11.1 Å². The van der Waals surface area contributed by atoms with E-state index >= 15 is 0 Å². The van der Waals surface area contributed by atoms with Gasteiger partial charge in [-0.05, 0) is 23.3 Å². The molecule has 2 fully saturated rings. The smallest absolute Gasteiger partial charge is 0.249 e. The molecular weight excluding hydrogens is 392 g/mol. The molecule has 0 saturated carbocycles. The van der Waals surface area contributed by atoms with Gasteiger partial charge in [0, 0.05) is 31.6 Å².